The lowest BCUT2D eigenvalue weighted by Crippen LogP contribution is -2.50. The number of anilines is 1. The first-order chi connectivity index (χ1) is 18.0. The summed E-state index contributed by atoms with van der Waals surface area (Å²) in [5.74, 6) is 1.68. The van der Waals surface area contributed by atoms with Gasteiger partial charge >= 0.3 is 0 Å². The predicted molar refractivity (Wildman–Crippen MR) is 140 cm³/mol. The first kappa shape index (κ1) is 23.5. The first-order valence-electron chi connectivity index (χ1n) is 13.3. The van der Waals surface area contributed by atoms with Crippen LogP contribution in [0.15, 0.2) is 30.7 Å². The molecule has 3 saturated heterocycles. The fourth-order valence-electron chi connectivity index (χ4n) is 6.62. The smallest absolute Gasteiger partial charge is 0.172 e. The third-order valence-electron chi connectivity index (χ3n) is 8.85. The molecule has 8 nitrogen and oxygen atoms in total. The van der Waals surface area contributed by atoms with Crippen LogP contribution in [0, 0.1) is 5.82 Å². The monoisotopic (exact) mass is 525 g/mol. The number of benzene rings is 1. The van der Waals surface area contributed by atoms with Crippen LogP contribution in [0.4, 0.5) is 10.2 Å². The number of hydrogen-bond acceptors (Lipinski definition) is 7. The second kappa shape index (κ2) is 9.03. The van der Waals surface area contributed by atoms with Gasteiger partial charge in [0.1, 0.15) is 30.0 Å². The van der Waals surface area contributed by atoms with Crippen LogP contribution in [-0.4, -0.2) is 72.6 Å². The standard InChI is InChI=1S/C27H32FN5O3S/c28-24-20(2-1-3-22(24)35-15-27-6-4-19(36-27)5-7-27)21-14-33(26-23(21)25(29)30-16-31-26)18-12-17(13-18)32-8-10-37(34)11-9-32/h1-3,14,16-19H,4-13,15H2,(H2,29,30,31). The topological polar surface area (TPSA) is 95.5 Å². The van der Waals surface area contributed by atoms with Crippen molar-refractivity contribution in [2.45, 2.75) is 62.3 Å². The Morgan fingerprint density at radius 2 is 1.92 bits per heavy atom. The fourth-order valence-corrected chi connectivity index (χ4v) is 7.70. The number of nitrogens with zero attached hydrogens (tertiary/aromatic N) is 4. The van der Waals surface area contributed by atoms with Gasteiger partial charge in [-0.25, -0.2) is 14.4 Å². The van der Waals surface area contributed by atoms with E-state index in [1.807, 2.05) is 12.3 Å². The number of hydrogen-bond donors (Lipinski definition) is 1. The van der Waals surface area contributed by atoms with Crippen LogP contribution in [0.2, 0.25) is 0 Å². The summed E-state index contributed by atoms with van der Waals surface area (Å²) in [6.45, 7) is 2.15. The highest BCUT2D eigenvalue weighted by molar-refractivity contribution is 7.85. The summed E-state index contributed by atoms with van der Waals surface area (Å²) in [7, 11) is -0.678. The normalized spacial score (nSPS) is 30.1. The van der Waals surface area contributed by atoms with Crippen molar-refractivity contribution in [2.24, 2.45) is 0 Å². The van der Waals surface area contributed by atoms with E-state index in [0.29, 0.717) is 41.1 Å². The van der Waals surface area contributed by atoms with E-state index in [1.54, 1.807) is 12.1 Å². The zero-order valence-electron chi connectivity index (χ0n) is 20.8. The molecule has 3 aliphatic heterocycles. The fraction of sp³-hybridized carbons (Fsp3) is 0.556. The lowest BCUT2D eigenvalue weighted by Gasteiger charge is -2.44. The minimum Gasteiger partial charge on any atom is -0.487 e. The molecule has 2 aromatic heterocycles. The molecule has 1 aliphatic carbocycles. The molecule has 0 unspecified atom stereocenters. The molecular weight excluding hydrogens is 493 g/mol. The van der Waals surface area contributed by atoms with Crippen molar-refractivity contribution >= 4 is 27.7 Å². The number of halogens is 1. The van der Waals surface area contributed by atoms with Crippen LogP contribution in [0.25, 0.3) is 22.2 Å². The molecule has 3 aromatic rings. The van der Waals surface area contributed by atoms with Gasteiger partial charge in [-0.15, -0.1) is 0 Å². The molecule has 4 aliphatic rings. The van der Waals surface area contributed by atoms with E-state index >= 15 is 4.39 Å². The first-order valence-corrected chi connectivity index (χ1v) is 14.8. The van der Waals surface area contributed by atoms with Gasteiger partial charge < -0.3 is 19.8 Å². The van der Waals surface area contributed by atoms with Gasteiger partial charge in [0, 0.05) is 64.8 Å². The van der Waals surface area contributed by atoms with Crippen molar-refractivity contribution in [3.05, 3.63) is 36.5 Å². The highest BCUT2D eigenvalue weighted by Gasteiger charge is 2.47. The Morgan fingerprint density at radius 3 is 2.65 bits per heavy atom. The lowest BCUT2D eigenvalue weighted by atomic mass is 9.85. The zero-order valence-corrected chi connectivity index (χ0v) is 21.6. The summed E-state index contributed by atoms with van der Waals surface area (Å²) in [6, 6.07) is 5.99. The molecule has 1 aromatic carbocycles. The molecule has 7 rings (SSSR count). The van der Waals surface area contributed by atoms with Crippen LogP contribution in [0.3, 0.4) is 0 Å². The summed E-state index contributed by atoms with van der Waals surface area (Å²) >= 11 is 0. The van der Waals surface area contributed by atoms with E-state index in [4.69, 9.17) is 15.2 Å². The Labute approximate surface area is 217 Å². The molecule has 0 atom stereocenters. The molecular formula is C27H32FN5O3S. The summed E-state index contributed by atoms with van der Waals surface area (Å²) in [6.07, 6.45) is 9.80. The van der Waals surface area contributed by atoms with Crippen molar-refractivity contribution < 1.29 is 18.1 Å². The average Bonchev–Trinajstić information content (AvgIpc) is 3.58. The van der Waals surface area contributed by atoms with Crippen molar-refractivity contribution in [2.75, 3.05) is 36.9 Å². The zero-order chi connectivity index (χ0) is 25.1. The van der Waals surface area contributed by atoms with Gasteiger partial charge in [-0.3, -0.25) is 9.11 Å². The van der Waals surface area contributed by atoms with Crippen LogP contribution < -0.4 is 10.5 Å². The van der Waals surface area contributed by atoms with E-state index in [2.05, 4.69) is 19.4 Å². The van der Waals surface area contributed by atoms with Crippen LogP contribution in [0.5, 0.6) is 5.75 Å². The van der Waals surface area contributed by atoms with Gasteiger partial charge in [0.2, 0.25) is 0 Å². The minimum atomic E-state index is -0.678. The van der Waals surface area contributed by atoms with Crippen LogP contribution >= 0.6 is 0 Å². The molecule has 196 valence electrons. The van der Waals surface area contributed by atoms with Gasteiger partial charge in [0.25, 0.3) is 0 Å². The third kappa shape index (κ3) is 4.04. The Hall–Kier alpha value is -2.56. The Morgan fingerprint density at radius 1 is 1.14 bits per heavy atom. The predicted octanol–water partition coefficient (Wildman–Crippen LogP) is 3.68. The highest BCUT2D eigenvalue weighted by Crippen LogP contribution is 2.45. The number of aromatic nitrogens is 3. The maximum atomic E-state index is 15.9. The number of fused-ring (bicyclic) bond motifs is 3. The Balaban J connectivity index is 1.17. The molecule has 1 saturated carbocycles. The second-order valence-electron chi connectivity index (χ2n) is 11.0. The summed E-state index contributed by atoms with van der Waals surface area (Å²) < 4.78 is 41.9. The van der Waals surface area contributed by atoms with Gasteiger partial charge in [-0.1, -0.05) is 12.1 Å². The molecule has 2 N–H and O–H groups in total. The Kier molecular flexibility index (Phi) is 5.74. The van der Waals surface area contributed by atoms with E-state index in [0.717, 1.165) is 68.8 Å². The van der Waals surface area contributed by atoms with Crippen molar-refractivity contribution in [1.82, 2.24) is 19.4 Å². The van der Waals surface area contributed by atoms with Gasteiger partial charge in [0.15, 0.2) is 11.6 Å². The summed E-state index contributed by atoms with van der Waals surface area (Å²) in [4.78, 5) is 11.2. The molecule has 0 radical (unpaired) electrons. The van der Waals surface area contributed by atoms with Crippen LogP contribution in [-0.2, 0) is 15.5 Å². The van der Waals surface area contributed by atoms with Gasteiger partial charge in [-0.2, -0.15) is 0 Å². The minimum absolute atomic E-state index is 0.230. The van der Waals surface area contributed by atoms with Crippen LogP contribution in [0.1, 0.15) is 44.6 Å². The second-order valence-corrected chi connectivity index (χ2v) is 12.7. The lowest BCUT2D eigenvalue weighted by molar-refractivity contribution is -0.0206. The third-order valence-corrected chi connectivity index (χ3v) is 10.1. The largest absolute Gasteiger partial charge is 0.487 e. The van der Waals surface area contributed by atoms with Crippen molar-refractivity contribution in [3.63, 3.8) is 0 Å². The van der Waals surface area contributed by atoms with Gasteiger partial charge in [-0.05, 0) is 44.6 Å². The maximum Gasteiger partial charge on any atom is 0.172 e. The van der Waals surface area contributed by atoms with E-state index < -0.39 is 16.6 Å². The molecule has 10 heteroatoms. The summed E-state index contributed by atoms with van der Waals surface area (Å²) in [5, 5.41) is 0.673. The molecule has 2 bridgehead atoms. The SMILES string of the molecule is Nc1ncnc2c1c(-c1cccc(OCC34CCC(CC3)O4)c1F)cn2C1CC(N2CCS(=O)CC2)C1. The molecule has 37 heavy (non-hydrogen) atoms. The van der Waals surface area contributed by atoms with E-state index in [9.17, 15) is 4.21 Å². The molecule has 4 fully saturated rings. The highest BCUT2D eigenvalue weighted by atomic mass is 32.2. The number of nitrogen functional groups attached to an aromatic ring is 1. The molecule has 5 heterocycles. The molecule has 0 spiro atoms. The number of ether oxygens (including phenoxy) is 2. The van der Waals surface area contributed by atoms with E-state index in [-0.39, 0.29) is 17.4 Å². The molecule has 0 amide bonds. The van der Waals surface area contributed by atoms with Gasteiger partial charge in [0.05, 0.1) is 11.5 Å². The van der Waals surface area contributed by atoms with E-state index in [1.165, 1.54) is 6.33 Å². The number of rotatable bonds is 6. The quantitative estimate of drug-likeness (QED) is 0.525. The number of nitrogens with two attached hydrogens (primary N) is 1. The van der Waals surface area contributed by atoms with Crippen molar-refractivity contribution in [1.29, 1.82) is 0 Å². The Bertz CT molecular complexity index is 1360. The average molecular weight is 526 g/mol. The maximum absolute atomic E-state index is 15.9. The summed E-state index contributed by atoms with van der Waals surface area (Å²) in [5.41, 5.74) is 7.90. The van der Waals surface area contributed by atoms with Crippen molar-refractivity contribution in [3.8, 4) is 16.9 Å².